The third kappa shape index (κ3) is 4.49. The number of morpholine rings is 1. The predicted molar refractivity (Wildman–Crippen MR) is 87.0 cm³/mol. The fourth-order valence-corrected chi connectivity index (χ4v) is 3.34. The molecule has 1 unspecified atom stereocenters. The zero-order valence-electron chi connectivity index (χ0n) is 13.0. The number of nitrogens with one attached hydrogen (secondary N) is 1. The molecule has 0 aliphatic carbocycles. The Hall–Kier alpha value is -0.490. The molecule has 0 radical (unpaired) electrons. The van der Waals surface area contributed by atoms with Crippen LogP contribution in [0.1, 0.15) is 32.4 Å². The molecule has 1 saturated heterocycles. The minimum Gasteiger partial charge on any atom is -0.379 e. The largest absolute Gasteiger partial charge is 0.379 e. The van der Waals surface area contributed by atoms with Gasteiger partial charge in [0.05, 0.1) is 13.2 Å². The maximum Gasteiger partial charge on any atom is 0.124 e. The van der Waals surface area contributed by atoms with E-state index in [0.29, 0.717) is 0 Å². The Morgan fingerprint density at radius 1 is 1.38 bits per heavy atom. The molecule has 0 spiro atoms. The van der Waals surface area contributed by atoms with Gasteiger partial charge in [-0.25, -0.2) is 4.39 Å². The first-order chi connectivity index (χ1) is 9.90. The Balaban J connectivity index is 1.94. The minimum atomic E-state index is -0.216. The molecule has 1 N–H and O–H groups in total. The van der Waals surface area contributed by atoms with Crippen molar-refractivity contribution < 1.29 is 9.13 Å². The first kappa shape index (κ1) is 16.9. The molecule has 5 heteroatoms. The Kier molecular flexibility index (Phi) is 5.77. The highest BCUT2D eigenvalue weighted by atomic mass is 79.9. The van der Waals surface area contributed by atoms with Gasteiger partial charge in [0, 0.05) is 35.7 Å². The van der Waals surface area contributed by atoms with Gasteiger partial charge in [-0.05, 0) is 38.5 Å². The molecule has 21 heavy (non-hydrogen) atoms. The quantitative estimate of drug-likeness (QED) is 0.873. The lowest BCUT2D eigenvalue weighted by molar-refractivity contribution is -0.0102. The van der Waals surface area contributed by atoms with Crippen molar-refractivity contribution in [1.29, 1.82) is 0 Å². The van der Waals surface area contributed by atoms with Crippen LogP contribution >= 0.6 is 15.9 Å². The zero-order chi connectivity index (χ0) is 15.5. The van der Waals surface area contributed by atoms with Crippen LogP contribution in [0.3, 0.4) is 0 Å². The summed E-state index contributed by atoms with van der Waals surface area (Å²) in [7, 11) is 0. The lowest BCUT2D eigenvalue weighted by Gasteiger charge is -2.41. The van der Waals surface area contributed by atoms with Crippen LogP contribution in [-0.2, 0) is 4.74 Å². The van der Waals surface area contributed by atoms with Crippen molar-refractivity contribution in [2.45, 2.75) is 32.4 Å². The summed E-state index contributed by atoms with van der Waals surface area (Å²) in [6.07, 6.45) is 0. The summed E-state index contributed by atoms with van der Waals surface area (Å²) in [5, 5.41) is 3.56. The van der Waals surface area contributed by atoms with Crippen LogP contribution in [0.5, 0.6) is 0 Å². The second-order valence-corrected chi connectivity index (χ2v) is 7.03. The molecule has 0 amide bonds. The molecule has 0 aromatic heterocycles. The SMILES string of the molecule is CC(NCC(C)(C)N1CCOCC1)c1ccc(F)cc1Br. The van der Waals surface area contributed by atoms with Crippen molar-refractivity contribution in [3.63, 3.8) is 0 Å². The maximum absolute atomic E-state index is 13.2. The Labute approximate surface area is 135 Å². The molecule has 1 heterocycles. The highest BCUT2D eigenvalue weighted by Crippen LogP contribution is 2.25. The van der Waals surface area contributed by atoms with Gasteiger partial charge in [-0.15, -0.1) is 0 Å². The molecule has 1 atom stereocenters. The third-order valence-electron chi connectivity index (χ3n) is 4.14. The summed E-state index contributed by atoms with van der Waals surface area (Å²) >= 11 is 3.44. The summed E-state index contributed by atoms with van der Waals surface area (Å²) in [4.78, 5) is 2.45. The standard InChI is InChI=1S/C16H24BrFN2O/c1-12(14-5-4-13(18)10-15(14)17)19-11-16(2,3)20-6-8-21-9-7-20/h4-5,10,12,19H,6-9,11H2,1-3H3. The van der Waals surface area contributed by atoms with E-state index in [1.165, 1.54) is 12.1 Å². The maximum atomic E-state index is 13.2. The summed E-state index contributed by atoms with van der Waals surface area (Å²) < 4.78 is 19.4. The molecular weight excluding hydrogens is 335 g/mol. The Morgan fingerprint density at radius 3 is 2.67 bits per heavy atom. The van der Waals surface area contributed by atoms with Crippen LogP contribution in [0.4, 0.5) is 4.39 Å². The Morgan fingerprint density at radius 2 is 2.05 bits per heavy atom. The smallest absolute Gasteiger partial charge is 0.124 e. The minimum absolute atomic E-state index is 0.0740. The van der Waals surface area contributed by atoms with E-state index < -0.39 is 0 Å². The van der Waals surface area contributed by atoms with Gasteiger partial charge in [-0.1, -0.05) is 22.0 Å². The number of hydrogen-bond donors (Lipinski definition) is 1. The summed E-state index contributed by atoms with van der Waals surface area (Å²) in [5.41, 5.74) is 1.15. The lowest BCUT2D eigenvalue weighted by Crippen LogP contribution is -2.54. The van der Waals surface area contributed by atoms with E-state index in [1.807, 2.05) is 6.07 Å². The second kappa shape index (κ2) is 7.18. The molecule has 0 bridgehead atoms. The normalized spacial score (nSPS) is 18.7. The first-order valence-corrected chi connectivity index (χ1v) is 8.20. The number of halogens is 2. The molecule has 2 rings (SSSR count). The van der Waals surface area contributed by atoms with Gasteiger partial charge in [0.1, 0.15) is 5.82 Å². The average Bonchev–Trinajstić information content (AvgIpc) is 2.46. The van der Waals surface area contributed by atoms with E-state index in [9.17, 15) is 4.39 Å². The fraction of sp³-hybridized carbons (Fsp3) is 0.625. The van der Waals surface area contributed by atoms with Crippen LogP contribution in [0.2, 0.25) is 0 Å². The monoisotopic (exact) mass is 358 g/mol. The highest BCUT2D eigenvalue weighted by Gasteiger charge is 2.28. The van der Waals surface area contributed by atoms with Crippen molar-refractivity contribution in [1.82, 2.24) is 10.2 Å². The van der Waals surface area contributed by atoms with Crippen molar-refractivity contribution in [2.75, 3.05) is 32.8 Å². The van der Waals surface area contributed by atoms with Crippen molar-refractivity contribution in [2.24, 2.45) is 0 Å². The Bertz CT molecular complexity index is 475. The van der Waals surface area contributed by atoms with E-state index in [0.717, 1.165) is 42.9 Å². The number of nitrogens with zero attached hydrogens (tertiary/aromatic N) is 1. The number of ether oxygens (including phenoxy) is 1. The molecule has 0 saturated carbocycles. The average molecular weight is 359 g/mol. The van der Waals surface area contributed by atoms with E-state index in [-0.39, 0.29) is 17.4 Å². The van der Waals surface area contributed by atoms with Crippen LogP contribution in [0.15, 0.2) is 22.7 Å². The van der Waals surface area contributed by atoms with Crippen LogP contribution in [-0.4, -0.2) is 43.3 Å². The van der Waals surface area contributed by atoms with Gasteiger partial charge in [-0.3, -0.25) is 4.90 Å². The topological polar surface area (TPSA) is 24.5 Å². The van der Waals surface area contributed by atoms with Gasteiger partial charge in [0.2, 0.25) is 0 Å². The highest BCUT2D eigenvalue weighted by molar-refractivity contribution is 9.10. The van der Waals surface area contributed by atoms with Crippen LogP contribution < -0.4 is 5.32 Å². The van der Waals surface area contributed by atoms with Gasteiger partial charge in [0.15, 0.2) is 0 Å². The molecule has 1 aliphatic rings. The molecule has 1 aromatic carbocycles. The molecule has 1 fully saturated rings. The van der Waals surface area contributed by atoms with Gasteiger partial charge in [0.25, 0.3) is 0 Å². The molecule has 1 aromatic rings. The van der Waals surface area contributed by atoms with Crippen LogP contribution in [0.25, 0.3) is 0 Å². The van der Waals surface area contributed by atoms with Crippen LogP contribution in [0, 0.1) is 5.82 Å². The van der Waals surface area contributed by atoms with E-state index in [4.69, 9.17) is 4.74 Å². The summed E-state index contributed by atoms with van der Waals surface area (Å²) in [6, 6.07) is 5.02. The summed E-state index contributed by atoms with van der Waals surface area (Å²) in [5.74, 6) is -0.216. The lowest BCUT2D eigenvalue weighted by atomic mass is 10.0. The fourth-order valence-electron chi connectivity index (χ4n) is 2.65. The van der Waals surface area contributed by atoms with Crippen molar-refractivity contribution in [3.8, 4) is 0 Å². The van der Waals surface area contributed by atoms with E-state index >= 15 is 0 Å². The van der Waals surface area contributed by atoms with Gasteiger partial charge in [-0.2, -0.15) is 0 Å². The summed E-state index contributed by atoms with van der Waals surface area (Å²) in [6.45, 7) is 11.0. The van der Waals surface area contributed by atoms with Crippen molar-refractivity contribution in [3.05, 3.63) is 34.1 Å². The number of rotatable bonds is 5. The van der Waals surface area contributed by atoms with Gasteiger partial charge < -0.3 is 10.1 Å². The molecule has 3 nitrogen and oxygen atoms in total. The second-order valence-electron chi connectivity index (χ2n) is 6.18. The molecular formula is C16H24BrFN2O. The third-order valence-corrected chi connectivity index (χ3v) is 4.82. The van der Waals surface area contributed by atoms with E-state index in [2.05, 4.69) is 46.9 Å². The van der Waals surface area contributed by atoms with Crippen molar-refractivity contribution >= 4 is 15.9 Å². The predicted octanol–water partition coefficient (Wildman–Crippen LogP) is 3.35. The number of benzene rings is 1. The molecule has 1 aliphatic heterocycles. The van der Waals surface area contributed by atoms with E-state index in [1.54, 1.807) is 0 Å². The number of hydrogen-bond acceptors (Lipinski definition) is 3. The van der Waals surface area contributed by atoms with Gasteiger partial charge >= 0.3 is 0 Å². The zero-order valence-corrected chi connectivity index (χ0v) is 14.5. The molecule has 118 valence electrons. The first-order valence-electron chi connectivity index (χ1n) is 7.41.